The van der Waals surface area contributed by atoms with Crippen LogP contribution in [0, 0.1) is 13.0 Å². The van der Waals surface area contributed by atoms with Crippen molar-refractivity contribution in [2.75, 3.05) is 12.4 Å². The largest absolute Gasteiger partial charge is 2.00 e. The molecular formula is C24H40MoN6O7S. The van der Waals surface area contributed by atoms with Gasteiger partial charge in [-0.05, 0) is 26.3 Å². The summed E-state index contributed by atoms with van der Waals surface area (Å²) in [5, 5.41) is 32.2. The van der Waals surface area contributed by atoms with E-state index < -0.39 is 71.7 Å². The number of amides is 4. The van der Waals surface area contributed by atoms with Gasteiger partial charge in [-0.15, -0.1) is 18.7 Å². The Balaban J connectivity index is 0.0000144. The Morgan fingerprint density at radius 2 is 1.87 bits per heavy atom. The number of carbonyl (C=O) groups is 5. The predicted octanol–water partition coefficient (Wildman–Crippen LogP) is -1.82. The number of rotatable bonds is 9. The number of thioether (sulfide) groups is 1. The molecule has 1 heterocycles. The number of aliphatic hydroxyl groups is 1. The van der Waals surface area contributed by atoms with E-state index in [0.29, 0.717) is 12.0 Å². The molecule has 0 spiro atoms. The number of aliphatic carboxylic acids is 1. The summed E-state index contributed by atoms with van der Waals surface area (Å²) in [5.74, 6) is -3.96. The average Bonchev–Trinajstić information content (AvgIpc) is 2.85. The molecule has 0 aromatic heterocycles. The van der Waals surface area contributed by atoms with E-state index >= 15 is 0 Å². The minimum atomic E-state index is -1.36. The molecule has 1 aliphatic rings. The van der Waals surface area contributed by atoms with Gasteiger partial charge in [0, 0.05) is 18.2 Å². The summed E-state index contributed by atoms with van der Waals surface area (Å²) in [6.07, 6.45) is 2.01. The van der Waals surface area contributed by atoms with Crippen LogP contribution >= 0.6 is 11.8 Å². The van der Waals surface area contributed by atoms with Gasteiger partial charge in [0.05, 0.1) is 12.6 Å². The van der Waals surface area contributed by atoms with Crippen molar-refractivity contribution in [1.82, 2.24) is 26.6 Å². The Labute approximate surface area is 247 Å². The van der Waals surface area contributed by atoms with Crippen molar-refractivity contribution in [3.8, 4) is 0 Å². The van der Waals surface area contributed by atoms with E-state index in [9.17, 15) is 34.2 Å². The van der Waals surface area contributed by atoms with Gasteiger partial charge in [0.15, 0.2) is 0 Å². The summed E-state index contributed by atoms with van der Waals surface area (Å²) in [4.78, 5) is 62.5. The van der Waals surface area contributed by atoms with Crippen molar-refractivity contribution in [1.29, 1.82) is 0 Å². The molecule has 1 rings (SSSR count). The van der Waals surface area contributed by atoms with Crippen LogP contribution in [0.3, 0.4) is 0 Å². The van der Waals surface area contributed by atoms with Gasteiger partial charge in [-0.1, -0.05) is 13.0 Å². The van der Waals surface area contributed by atoms with Gasteiger partial charge in [0.25, 0.3) is 0 Å². The first-order valence-corrected chi connectivity index (χ1v) is 13.4. The van der Waals surface area contributed by atoms with Crippen molar-refractivity contribution in [2.24, 2.45) is 5.73 Å². The molecule has 9 N–H and O–H groups in total. The molecule has 4 amide bonds. The Morgan fingerprint density at radius 1 is 1.23 bits per heavy atom. The summed E-state index contributed by atoms with van der Waals surface area (Å²) in [7, 11) is 0. The van der Waals surface area contributed by atoms with Gasteiger partial charge in [-0.25, -0.2) is 25.1 Å². The molecular weight excluding hydrogens is 612 g/mol. The van der Waals surface area contributed by atoms with E-state index in [0.717, 1.165) is 11.8 Å². The van der Waals surface area contributed by atoms with Crippen molar-refractivity contribution in [3.05, 3.63) is 25.1 Å². The smallest absolute Gasteiger partial charge is 0.480 e. The minimum Gasteiger partial charge on any atom is -0.480 e. The molecule has 3 unspecified atom stereocenters. The molecule has 39 heavy (non-hydrogen) atoms. The van der Waals surface area contributed by atoms with Crippen LogP contribution in [-0.2, 0) is 45.0 Å². The Bertz CT molecular complexity index is 880. The third-order valence-corrected chi connectivity index (χ3v) is 7.33. The summed E-state index contributed by atoms with van der Waals surface area (Å²) in [6, 6.07) is -5.27. The maximum Gasteiger partial charge on any atom is 2.00 e. The monoisotopic (exact) mass is 654 g/mol. The normalized spacial score (nSPS) is 28.1. The number of carboxylic acids is 1. The molecule has 0 aliphatic carbocycles. The number of nitrogens with one attached hydrogen (secondary N) is 5. The average molecular weight is 653 g/mol. The number of aliphatic hydroxyl groups excluding tert-OH is 1. The zero-order chi connectivity index (χ0) is 29.0. The number of carboxylic acid groups (broad SMARTS) is 1. The van der Waals surface area contributed by atoms with Crippen molar-refractivity contribution < 1.29 is 55.3 Å². The Morgan fingerprint density at radius 3 is 2.38 bits per heavy atom. The first-order chi connectivity index (χ1) is 17.8. The van der Waals surface area contributed by atoms with Crippen molar-refractivity contribution in [2.45, 2.75) is 82.0 Å². The zero-order valence-electron chi connectivity index (χ0n) is 22.6. The van der Waals surface area contributed by atoms with Crippen LogP contribution in [0.5, 0.6) is 0 Å². The first kappa shape index (κ1) is 36.9. The van der Waals surface area contributed by atoms with E-state index in [1.165, 1.54) is 13.5 Å². The molecule has 13 nitrogen and oxygen atoms in total. The summed E-state index contributed by atoms with van der Waals surface area (Å²) in [5.41, 5.74) is 5.77. The molecule has 1 aliphatic heterocycles. The molecule has 0 aromatic rings. The van der Waals surface area contributed by atoms with Gasteiger partial charge >= 0.3 is 27.0 Å². The second-order valence-electron chi connectivity index (χ2n) is 9.05. The fourth-order valence-corrected chi connectivity index (χ4v) is 4.72. The number of nitrogens with two attached hydrogens (primary N) is 1. The molecule has 0 bridgehead atoms. The summed E-state index contributed by atoms with van der Waals surface area (Å²) < 4.78 is 0. The van der Waals surface area contributed by atoms with E-state index in [-0.39, 0.29) is 39.3 Å². The summed E-state index contributed by atoms with van der Waals surface area (Å²) in [6.45, 7) is 11.4. The van der Waals surface area contributed by atoms with E-state index in [4.69, 9.17) is 5.73 Å². The van der Waals surface area contributed by atoms with Crippen LogP contribution in [0.4, 0.5) is 0 Å². The second kappa shape index (κ2) is 18.3. The van der Waals surface area contributed by atoms with Gasteiger partial charge in [-0.2, -0.15) is 0 Å². The van der Waals surface area contributed by atoms with Crippen molar-refractivity contribution in [3.63, 3.8) is 0 Å². The van der Waals surface area contributed by atoms with Crippen LogP contribution < -0.4 is 32.3 Å². The summed E-state index contributed by atoms with van der Waals surface area (Å²) >= 11 is 0.979. The van der Waals surface area contributed by atoms with Gasteiger partial charge in [-0.3, -0.25) is 24.0 Å². The molecule has 0 radical (unpaired) electrons. The fourth-order valence-electron chi connectivity index (χ4n) is 3.48. The number of hydrogen-bond acceptors (Lipinski definition) is 9. The molecule has 0 saturated carbocycles. The topological polar surface area (TPSA) is 212 Å². The van der Waals surface area contributed by atoms with Crippen LogP contribution in [0.25, 0.3) is 0 Å². The van der Waals surface area contributed by atoms with Crippen LogP contribution in [0.2, 0.25) is 0 Å². The molecule has 7 atom stereocenters. The predicted molar refractivity (Wildman–Crippen MR) is 143 cm³/mol. The quantitative estimate of drug-likeness (QED) is 0.103. The molecule has 1 saturated heterocycles. The molecule has 15 heteroatoms. The van der Waals surface area contributed by atoms with Crippen molar-refractivity contribution >= 4 is 41.4 Å². The number of carbonyl (C=O) groups excluding carboxylic acids is 4. The molecule has 1 fully saturated rings. The van der Waals surface area contributed by atoms with Crippen LogP contribution in [-0.4, -0.2) is 93.7 Å². The fraction of sp³-hybridized carbons (Fsp3) is 0.625. The third kappa shape index (κ3) is 12.3. The zero-order valence-corrected chi connectivity index (χ0v) is 25.4. The Hall–Kier alpha value is -2.12. The van der Waals surface area contributed by atoms with Gasteiger partial charge < -0.3 is 42.5 Å². The number of hydrogen-bond donors (Lipinski definition) is 8. The molecule has 220 valence electrons. The standard InChI is InChI=1S/C24H40N6O7S.Mo/c1-6-12(3)19-20(24(36)37)38-11-17(27-13(4)7-2)23(35)30-16(10-31)22(34)28-14(5)21(33)29-15(9-26-19)8-18(25)32;/h6,9,13-17,19-20,26-27,31H,3,7-8,10-11H2,1-2,4-5H3,(H2,25,32)(H,28,34)(H,29,33)(H,30,35)(H,36,37);/q-2;+2/t13?,14-,15-,16?,17-,19+,20?;/m0./s1. The van der Waals surface area contributed by atoms with Crippen LogP contribution in [0.15, 0.2) is 12.2 Å². The van der Waals surface area contributed by atoms with Crippen LogP contribution in [0.1, 0.15) is 40.5 Å². The number of primary amides is 1. The maximum absolute atomic E-state index is 13.1. The SMILES string of the molecule is C=C([CH-]C)[C@H]1N[CH-][C@H](CC(N)=O)NC(=O)[C@H](C)NC(=O)C(CO)NC(=O)[C@@H](NC(C)CC)CSC1C(=O)O.[Mo+2]. The third-order valence-electron chi connectivity index (χ3n) is 5.97. The van der Waals surface area contributed by atoms with E-state index in [2.05, 4.69) is 33.2 Å². The van der Waals surface area contributed by atoms with E-state index in [1.54, 1.807) is 13.3 Å². The Kier molecular flexibility index (Phi) is 17.3. The minimum absolute atomic E-state index is 0. The maximum atomic E-state index is 13.1. The van der Waals surface area contributed by atoms with E-state index in [1.807, 2.05) is 13.8 Å². The molecule has 0 aromatic carbocycles. The first-order valence-electron chi connectivity index (χ1n) is 12.3. The van der Waals surface area contributed by atoms with Gasteiger partial charge in [0.2, 0.25) is 23.6 Å². The second-order valence-corrected chi connectivity index (χ2v) is 10.2. The van der Waals surface area contributed by atoms with Gasteiger partial charge in [0.1, 0.15) is 17.3 Å².